The summed E-state index contributed by atoms with van der Waals surface area (Å²) < 4.78 is 0. The van der Waals surface area contributed by atoms with Crippen LogP contribution in [0, 0.1) is 17.8 Å². The minimum Gasteiger partial charge on any atom is -0.299 e. The summed E-state index contributed by atoms with van der Waals surface area (Å²) in [6, 6.07) is 18.9. The number of hydrogen-bond donors (Lipinski definition) is 0. The SMILES string of the molecule is CCC1CCN(Cc2ccc(C#Cc3ccccc3)cc2)CC1. The van der Waals surface area contributed by atoms with Crippen molar-refractivity contribution in [3.63, 3.8) is 0 Å². The van der Waals surface area contributed by atoms with E-state index in [9.17, 15) is 0 Å². The molecule has 1 heteroatoms. The molecule has 0 radical (unpaired) electrons. The third-order valence-electron chi connectivity index (χ3n) is 4.77. The van der Waals surface area contributed by atoms with Crippen LogP contribution in [0.2, 0.25) is 0 Å². The zero-order valence-corrected chi connectivity index (χ0v) is 14.0. The van der Waals surface area contributed by atoms with Crippen LogP contribution in [0.5, 0.6) is 0 Å². The van der Waals surface area contributed by atoms with Crippen molar-refractivity contribution in [1.29, 1.82) is 0 Å². The molecule has 1 saturated heterocycles. The summed E-state index contributed by atoms with van der Waals surface area (Å²) in [6.07, 6.45) is 4.05. The lowest BCUT2D eigenvalue weighted by atomic mass is 9.94. The molecule has 3 rings (SSSR count). The van der Waals surface area contributed by atoms with Crippen LogP contribution in [0.15, 0.2) is 54.6 Å². The molecule has 0 spiro atoms. The van der Waals surface area contributed by atoms with Gasteiger partial charge in [-0.05, 0) is 61.7 Å². The van der Waals surface area contributed by atoms with Crippen molar-refractivity contribution in [3.8, 4) is 11.8 Å². The van der Waals surface area contributed by atoms with Gasteiger partial charge in [-0.15, -0.1) is 0 Å². The predicted molar refractivity (Wildman–Crippen MR) is 97.2 cm³/mol. The molecule has 1 aliphatic rings. The quantitative estimate of drug-likeness (QED) is 0.742. The average molecular weight is 303 g/mol. The van der Waals surface area contributed by atoms with E-state index >= 15 is 0 Å². The smallest absolute Gasteiger partial charge is 0.0249 e. The molecule has 2 aromatic rings. The molecule has 2 aromatic carbocycles. The fourth-order valence-corrected chi connectivity index (χ4v) is 3.17. The Labute approximate surface area is 140 Å². The van der Waals surface area contributed by atoms with Crippen LogP contribution in [0.3, 0.4) is 0 Å². The van der Waals surface area contributed by atoms with Crippen molar-refractivity contribution in [2.24, 2.45) is 5.92 Å². The lowest BCUT2D eigenvalue weighted by Gasteiger charge is -2.31. The molecule has 1 fully saturated rings. The van der Waals surface area contributed by atoms with Crippen LogP contribution in [-0.2, 0) is 6.54 Å². The van der Waals surface area contributed by atoms with Crippen molar-refractivity contribution in [2.45, 2.75) is 32.7 Å². The number of hydrogen-bond acceptors (Lipinski definition) is 1. The summed E-state index contributed by atoms with van der Waals surface area (Å²) in [5, 5.41) is 0. The molecule has 1 aliphatic heterocycles. The molecule has 1 nitrogen and oxygen atoms in total. The number of rotatable bonds is 3. The third kappa shape index (κ3) is 4.71. The molecule has 0 N–H and O–H groups in total. The van der Waals surface area contributed by atoms with Gasteiger partial charge in [0.2, 0.25) is 0 Å². The van der Waals surface area contributed by atoms with Crippen molar-refractivity contribution in [3.05, 3.63) is 71.3 Å². The first-order valence-corrected chi connectivity index (χ1v) is 8.72. The Kier molecular flexibility index (Phi) is 5.51. The zero-order valence-electron chi connectivity index (χ0n) is 14.0. The first kappa shape index (κ1) is 15.8. The van der Waals surface area contributed by atoms with Crippen LogP contribution in [0.25, 0.3) is 0 Å². The normalized spacial score (nSPS) is 15.9. The van der Waals surface area contributed by atoms with E-state index in [1.54, 1.807) is 0 Å². The first-order chi connectivity index (χ1) is 11.3. The summed E-state index contributed by atoms with van der Waals surface area (Å²) >= 11 is 0. The Hall–Kier alpha value is -2.04. The van der Waals surface area contributed by atoms with Crippen molar-refractivity contribution >= 4 is 0 Å². The van der Waals surface area contributed by atoms with E-state index in [2.05, 4.69) is 47.9 Å². The van der Waals surface area contributed by atoms with E-state index in [1.165, 1.54) is 37.9 Å². The van der Waals surface area contributed by atoms with Crippen LogP contribution in [0.4, 0.5) is 0 Å². The molecule has 0 amide bonds. The number of nitrogens with zero attached hydrogens (tertiary/aromatic N) is 1. The highest BCUT2D eigenvalue weighted by molar-refractivity contribution is 5.43. The van der Waals surface area contributed by atoms with Gasteiger partial charge in [-0.3, -0.25) is 4.90 Å². The van der Waals surface area contributed by atoms with Crippen molar-refractivity contribution < 1.29 is 0 Å². The van der Waals surface area contributed by atoms with E-state index in [1.807, 2.05) is 30.3 Å². The molecular formula is C22H25N. The second-order valence-electron chi connectivity index (χ2n) is 6.44. The largest absolute Gasteiger partial charge is 0.299 e. The molecule has 0 aromatic heterocycles. The summed E-state index contributed by atoms with van der Waals surface area (Å²) in [6.45, 7) is 5.88. The molecule has 0 atom stereocenters. The lowest BCUT2D eigenvalue weighted by molar-refractivity contribution is 0.175. The lowest BCUT2D eigenvalue weighted by Crippen LogP contribution is -2.32. The number of piperidine rings is 1. The van der Waals surface area contributed by atoms with E-state index in [-0.39, 0.29) is 0 Å². The molecule has 0 aliphatic carbocycles. The Balaban J connectivity index is 1.57. The molecule has 1 heterocycles. The van der Waals surface area contributed by atoms with Crippen LogP contribution in [-0.4, -0.2) is 18.0 Å². The van der Waals surface area contributed by atoms with Gasteiger partial charge in [-0.25, -0.2) is 0 Å². The number of likely N-dealkylation sites (tertiary alicyclic amines) is 1. The van der Waals surface area contributed by atoms with Crippen LogP contribution in [0.1, 0.15) is 42.9 Å². The van der Waals surface area contributed by atoms with E-state index in [0.29, 0.717) is 0 Å². The highest BCUT2D eigenvalue weighted by Gasteiger charge is 2.17. The maximum atomic E-state index is 3.24. The first-order valence-electron chi connectivity index (χ1n) is 8.72. The fraction of sp³-hybridized carbons (Fsp3) is 0.364. The summed E-state index contributed by atoms with van der Waals surface area (Å²) in [5.41, 5.74) is 3.54. The highest BCUT2D eigenvalue weighted by atomic mass is 15.1. The monoisotopic (exact) mass is 303 g/mol. The average Bonchev–Trinajstić information content (AvgIpc) is 2.63. The molecule has 0 saturated carbocycles. The standard InChI is InChI=1S/C22H25N/c1-2-19-14-16-23(17-15-19)18-22-12-10-21(11-13-22)9-8-20-6-4-3-5-7-20/h3-7,10-13,19H,2,14-18H2,1H3. The van der Waals surface area contributed by atoms with Gasteiger partial charge >= 0.3 is 0 Å². The Morgan fingerprint density at radius 2 is 1.48 bits per heavy atom. The molecular weight excluding hydrogens is 278 g/mol. The fourth-order valence-electron chi connectivity index (χ4n) is 3.17. The zero-order chi connectivity index (χ0) is 15.9. The summed E-state index contributed by atoms with van der Waals surface area (Å²) in [5.74, 6) is 7.40. The molecule has 118 valence electrons. The predicted octanol–water partition coefficient (Wildman–Crippen LogP) is 4.71. The minimum atomic E-state index is 0.946. The molecule has 0 unspecified atom stereocenters. The maximum absolute atomic E-state index is 3.24. The maximum Gasteiger partial charge on any atom is 0.0249 e. The molecule has 23 heavy (non-hydrogen) atoms. The van der Waals surface area contributed by atoms with Gasteiger partial charge in [0.1, 0.15) is 0 Å². The van der Waals surface area contributed by atoms with Crippen molar-refractivity contribution in [1.82, 2.24) is 4.90 Å². The topological polar surface area (TPSA) is 3.24 Å². The van der Waals surface area contributed by atoms with Crippen LogP contribution < -0.4 is 0 Å². The van der Waals surface area contributed by atoms with Gasteiger partial charge in [-0.2, -0.15) is 0 Å². The minimum absolute atomic E-state index is 0.946. The van der Waals surface area contributed by atoms with Gasteiger partial charge in [0.25, 0.3) is 0 Å². The van der Waals surface area contributed by atoms with E-state index < -0.39 is 0 Å². The Morgan fingerprint density at radius 1 is 0.870 bits per heavy atom. The van der Waals surface area contributed by atoms with Gasteiger partial charge in [-0.1, -0.05) is 55.5 Å². The third-order valence-corrected chi connectivity index (χ3v) is 4.77. The van der Waals surface area contributed by atoms with Gasteiger partial charge in [0.05, 0.1) is 0 Å². The van der Waals surface area contributed by atoms with E-state index in [0.717, 1.165) is 23.6 Å². The summed E-state index contributed by atoms with van der Waals surface area (Å²) in [4.78, 5) is 2.58. The Bertz CT molecular complexity index is 653. The van der Waals surface area contributed by atoms with Crippen molar-refractivity contribution in [2.75, 3.05) is 13.1 Å². The second-order valence-corrected chi connectivity index (χ2v) is 6.44. The second kappa shape index (κ2) is 7.99. The van der Waals surface area contributed by atoms with Gasteiger partial charge in [0, 0.05) is 17.7 Å². The van der Waals surface area contributed by atoms with Gasteiger partial charge < -0.3 is 0 Å². The van der Waals surface area contributed by atoms with Crippen LogP contribution >= 0.6 is 0 Å². The van der Waals surface area contributed by atoms with E-state index in [4.69, 9.17) is 0 Å². The number of benzene rings is 2. The Morgan fingerprint density at radius 3 is 2.09 bits per heavy atom. The highest BCUT2D eigenvalue weighted by Crippen LogP contribution is 2.21. The summed E-state index contributed by atoms with van der Waals surface area (Å²) in [7, 11) is 0. The molecule has 0 bridgehead atoms. The van der Waals surface area contributed by atoms with Gasteiger partial charge in [0.15, 0.2) is 0 Å².